The third-order valence-corrected chi connectivity index (χ3v) is 14.3. The Kier molecular flexibility index (Phi) is 21.4. The van der Waals surface area contributed by atoms with E-state index in [1.165, 1.54) is 18.3 Å². The van der Waals surface area contributed by atoms with Crippen LogP contribution in [-0.2, 0) is 60.8 Å². The highest BCUT2D eigenvalue weighted by Crippen LogP contribution is 2.40. The van der Waals surface area contributed by atoms with Crippen LogP contribution < -0.4 is 42.5 Å². The summed E-state index contributed by atoms with van der Waals surface area (Å²) >= 11 is 3.66. The van der Waals surface area contributed by atoms with E-state index in [1.54, 1.807) is 84.9 Å². The minimum atomic E-state index is -1.77. The predicted octanol–water partition coefficient (Wildman–Crippen LogP) is 0.829. The van der Waals surface area contributed by atoms with E-state index in [-0.39, 0.29) is 22.6 Å². The highest BCUT2D eigenvalue weighted by atomic mass is 32.1. The normalized spacial score (nSPS) is 12.7. The minimum absolute atomic E-state index is 0.0857. The Labute approximate surface area is 443 Å². The number of aliphatic carboxylic acids is 4. The molecule has 5 aromatic rings. The van der Waals surface area contributed by atoms with Gasteiger partial charge in [-0.1, -0.05) is 60.7 Å². The molecule has 0 aliphatic rings. The highest BCUT2D eigenvalue weighted by molar-refractivity contribution is 7.27. The molecule has 27 heteroatoms. The summed E-state index contributed by atoms with van der Waals surface area (Å²) in [6.45, 7) is -0.330. The first-order valence-electron chi connectivity index (χ1n) is 22.8. The molecule has 3 aromatic heterocycles. The number of carboxylic acid groups (broad SMARTS) is 4. The van der Waals surface area contributed by atoms with Crippen molar-refractivity contribution >= 4 is 105 Å². The van der Waals surface area contributed by atoms with Crippen LogP contribution in [0.4, 0.5) is 0 Å². The summed E-state index contributed by atoms with van der Waals surface area (Å²) < 4.78 is 0. The molecule has 12 N–H and O–H groups in total. The van der Waals surface area contributed by atoms with Gasteiger partial charge in [-0.2, -0.15) is 0 Å². The number of benzene rings is 2. The van der Waals surface area contributed by atoms with Crippen LogP contribution in [0, 0.1) is 0 Å². The molecule has 0 bridgehead atoms. The van der Waals surface area contributed by atoms with Gasteiger partial charge in [-0.3, -0.25) is 47.9 Å². The highest BCUT2D eigenvalue weighted by Gasteiger charge is 2.31. The van der Waals surface area contributed by atoms with Gasteiger partial charge in [0.25, 0.3) is 11.8 Å². The molecule has 5 atom stereocenters. The lowest BCUT2D eigenvalue weighted by atomic mass is 10.0. The van der Waals surface area contributed by atoms with Gasteiger partial charge in [-0.25, -0.2) is 9.59 Å². The van der Waals surface area contributed by atoms with Crippen molar-refractivity contribution in [3.05, 3.63) is 118 Å². The van der Waals surface area contributed by atoms with E-state index in [0.717, 1.165) is 42.2 Å². The summed E-state index contributed by atoms with van der Waals surface area (Å²) in [6.07, 6.45) is -1.99. The third kappa shape index (κ3) is 18.3. The molecule has 2 aromatic carbocycles. The lowest BCUT2D eigenvalue weighted by molar-refractivity contribution is -0.147. The number of amides is 8. The zero-order valence-corrected chi connectivity index (χ0v) is 42.4. The topological polar surface area (TPSA) is 382 Å². The van der Waals surface area contributed by atoms with Crippen molar-refractivity contribution in [3.63, 3.8) is 0 Å². The average Bonchev–Trinajstić information content (AvgIpc) is 4.19. The summed E-state index contributed by atoms with van der Waals surface area (Å²) in [4.78, 5) is 152. The van der Waals surface area contributed by atoms with Gasteiger partial charge in [0.05, 0.1) is 42.2 Å². The molecule has 24 nitrogen and oxygen atoms in total. The van der Waals surface area contributed by atoms with Gasteiger partial charge in [0.2, 0.25) is 35.4 Å². The van der Waals surface area contributed by atoms with Crippen molar-refractivity contribution in [1.82, 2.24) is 42.5 Å². The number of hydrogen-bond acceptors (Lipinski definition) is 15. The summed E-state index contributed by atoms with van der Waals surface area (Å²) in [6, 6.07) is 19.6. The molecule has 400 valence electrons. The van der Waals surface area contributed by atoms with Crippen LogP contribution in [0.25, 0.3) is 19.5 Å². The van der Waals surface area contributed by atoms with Gasteiger partial charge in [-0.05, 0) is 54.4 Å². The number of thiophene rings is 3. The number of hydrogen-bond donors (Lipinski definition) is 12. The number of carboxylic acids is 4. The molecule has 76 heavy (non-hydrogen) atoms. The zero-order chi connectivity index (χ0) is 55.5. The summed E-state index contributed by atoms with van der Waals surface area (Å²) in [5.41, 5.74) is 1.19. The van der Waals surface area contributed by atoms with E-state index in [2.05, 4.69) is 42.5 Å². The van der Waals surface area contributed by atoms with Crippen molar-refractivity contribution in [3.8, 4) is 19.5 Å². The molecule has 5 rings (SSSR count). The van der Waals surface area contributed by atoms with Gasteiger partial charge in [-0.15, -0.1) is 34.0 Å². The molecule has 8 amide bonds. The largest absolute Gasteiger partial charge is 0.481 e. The van der Waals surface area contributed by atoms with Crippen LogP contribution in [-0.4, -0.2) is 141 Å². The summed E-state index contributed by atoms with van der Waals surface area (Å²) in [5, 5.41) is 55.8. The first kappa shape index (κ1) is 58.1. The Hall–Kier alpha value is -8.82. The van der Waals surface area contributed by atoms with Crippen LogP contribution in [0.3, 0.4) is 0 Å². The molecule has 0 radical (unpaired) electrons. The van der Waals surface area contributed by atoms with E-state index >= 15 is 0 Å². The number of carbonyl (C=O) groups excluding carboxylic acids is 8. The van der Waals surface area contributed by atoms with Gasteiger partial charge in [0, 0.05) is 32.4 Å². The smallest absolute Gasteiger partial charge is 0.326 e. The van der Waals surface area contributed by atoms with E-state index in [4.69, 9.17) is 10.2 Å². The fourth-order valence-electron chi connectivity index (χ4n) is 6.84. The lowest BCUT2D eigenvalue weighted by Gasteiger charge is -2.23. The maximum atomic E-state index is 13.1. The molecule has 0 aliphatic carbocycles. The summed E-state index contributed by atoms with van der Waals surface area (Å²) in [7, 11) is 0. The lowest BCUT2D eigenvalue weighted by Crippen LogP contribution is -2.56. The Morgan fingerprint density at radius 2 is 0.776 bits per heavy atom. The molecular weight excluding hydrogens is 1050 g/mol. The Morgan fingerprint density at radius 3 is 1.21 bits per heavy atom. The minimum Gasteiger partial charge on any atom is -0.481 e. The molecule has 3 heterocycles. The van der Waals surface area contributed by atoms with Crippen LogP contribution in [0.5, 0.6) is 0 Å². The maximum absolute atomic E-state index is 13.1. The van der Waals surface area contributed by atoms with Crippen molar-refractivity contribution in [2.45, 2.75) is 62.8 Å². The van der Waals surface area contributed by atoms with Gasteiger partial charge in [0.15, 0.2) is 0 Å². The second kappa shape index (κ2) is 28.0. The Morgan fingerprint density at radius 1 is 0.408 bits per heavy atom. The summed E-state index contributed by atoms with van der Waals surface area (Å²) in [5.74, 6) is -12.3. The standard InChI is InChI=1S/C49H50N8O16S3/c1-25(43(65)55-29(19-27-10-6-3-7-11-27)45(67)57-31(49(72)73)21-42(63)64)53-39(59)24-52-47(69)37-17-15-35(76-37)33-13-12-32(74-33)34-14-16-36(75-34)46(68)51-22-38(58)50-23-40(60)54-28(18-26-8-4-2-5-9-26)44(66)56-30(48(70)71)20-41(61)62/h2-17,25,28-31H,18-24H2,1H3,(H,50,58)(H,51,68)(H,52,69)(H,53,59)(H,54,60)(H,55,65)(H,56,66)(H,57,67)(H,61,62)(H,63,64)(H,70,71)(H,72,73)/t25-,28-,29?,30?,31-/m0/s1. The molecule has 0 fully saturated rings. The molecule has 2 unspecified atom stereocenters. The second-order valence-corrected chi connectivity index (χ2v) is 19.7. The van der Waals surface area contributed by atoms with Gasteiger partial charge >= 0.3 is 23.9 Å². The quantitative estimate of drug-likeness (QED) is 0.0330. The molecule has 0 saturated carbocycles. The van der Waals surface area contributed by atoms with E-state index < -0.39 is 134 Å². The zero-order valence-electron chi connectivity index (χ0n) is 40.0. The average molecular weight is 1100 g/mol. The van der Waals surface area contributed by atoms with Crippen molar-refractivity contribution in [2.24, 2.45) is 0 Å². The molecular formula is C49H50N8O16S3. The van der Waals surface area contributed by atoms with E-state index in [9.17, 15) is 67.7 Å². The fraction of sp³-hybridized carbons (Fsp3) is 0.265. The number of nitrogens with one attached hydrogen (secondary N) is 8. The van der Waals surface area contributed by atoms with E-state index in [1.807, 2.05) is 12.1 Å². The first-order chi connectivity index (χ1) is 36.1. The van der Waals surface area contributed by atoms with Crippen LogP contribution >= 0.6 is 34.0 Å². The third-order valence-electron chi connectivity index (χ3n) is 10.6. The predicted molar refractivity (Wildman–Crippen MR) is 274 cm³/mol. The second-order valence-electron chi connectivity index (χ2n) is 16.5. The first-order valence-corrected chi connectivity index (χ1v) is 25.2. The maximum Gasteiger partial charge on any atom is 0.326 e. The monoisotopic (exact) mass is 1100 g/mol. The molecule has 0 saturated heterocycles. The van der Waals surface area contributed by atoms with Crippen LogP contribution in [0.2, 0.25) is 0 Å². The molecule has 0 spiro atoms. The van der Waals surface area contributed by atoms with Crippen molar-refractivity contribution in [2.75, 3.05) is 19.6 Å². The van der Waals surface area contributed by atoms with Gasteiger partial charge < -0.3 is 63.0 Å². The van der Waals surface area contributed by atoms with E-state index in [0.29, 0.717) is 11.1 Å². The van der Waals surface area contributed by atoms with Crippen molar-refractivity contribution < 1.29 is 78.0 Å². The number of rotatable bonds is 28. The fourth-order valence-corrected chi connectivity index (χ4v) is 9.87. The van der Waals surface area contributed by atoms with Gasteiger partial charge in [0.1, 0.15) is 30.2 Å². The Balaban J connectivity index is 1.07. The van der Waals surface area contributed by atoms with Crippen molar-refractivity contribution in [1.29, 1.82) is 0 Å². The SMILES string of the molecule is C[C@H](NC(=O)CNC(=O)c1ccc(-c2ccc(-c3ccc(C(=O)NCC(=O)NCC(=O)N[C@@H](Cc4ccccc4)C(=O)NC(CC(=O)O)C(=O)O)s3)s2)s1)C(=O)NC(Cc1ccccc1)C(=O)N[C@@H](CC(=O)O)C(=O)O. The number of carbonyl (C=O) groups is 12. The van der Waals surface area contributed by atoms with Crippen LogP contribution in [0.1, 0.15) is 50.2 Å². The molecule has 0 aliphatic heterocycles. The van der Waals surface area contributed by atoms with Crippen LogP contribution in [0.15, 0.2) is 97.1 Å². The Bertz CT molecular complexity index is 2960.